The van der Waals surface area contributed by atoms with Crippen molar-refractivity contribution in [3.8, 4) is 0 Å². The van der Waals surface area contributed by atoms with Crippen molar-refractivity contribution < 1.29 is 14.3 Å². The molecule has 1 heterocycles. The Kier molecular flexibility index (Phi) is 5.48. The number of halogens is 1. The second-order valence-corrected chi connectivity index (χ2v) is 4.90. The highest BCUT2D eigenvalue weighted by Crippen LogP contribution is 2.11. The maximum Gasteiger partial charge on any atom is 0.327 e. The Hall–Kier alpha value is -2.41. The average Bonchev–Trinajstić information content (AvgIpc) is 2.85. The SMILES string of the molecule is CCOC(=O)Cn1cc(NC(=O)Cc2cccc(Cl)c2)nn1. The number of hydrogen-bond donors (Lipinski definition) is 1. The molecule has 0 saturated carbocycles. The molecule has 1 aromatic heterocycles. The molecule has 0 aliphatic heterocycles. The van der Waals surface area contributed by atoms with Gasteiger partial charge in [-0.05, 0) is 24.6 Å². The van der Waals surface area contributed by atoms with Crippen LogP contribution in [-0.4, -0.2) is 33.5 Å². The van der Waals surface area contributed by atoms with Crippen molar-refractivity contribution >= 4 is 29.3 Å². The Labute approximate surface area is 132 Å². The molecule has 2 rings (SSSR count). The highest BCUT2D eigenvalue weighted by Gasteiger charge is 2.09. The van der Waals surface area contributed by atoms with Crippen molar-refractivity contribution in [2.24, 2.45) is 0 Å². The zero-order valence-corrected chi connectivity index (χ0v) is 12.7. The molecule has 22 heavy (non-hydrogen) atoms. The molecule has 0 atom stereocenters. The van der Waals surface area contributed by atoms with E-state index in [0.29, 0.717) is 11.6 Å². The van der Waals surface area contributed by atoms with E-state index in [9.17, 15) is 9.59 Å². The molecular formula is C14H15ClN4O3. The molecule has 1 amide bonds. The van der Waals surface area contributed by atoms with Crippen LogP contribution in [0.5, 0.6) is 0 Å². The number of rotatable bonds is 6. The first-order valence-electron chi connectivity index (χ1n) is 6.67. The molecule has 2 aromatic rings. The number of benzene rings is 1. The van der Waals surface area contributed by atoms with Gasteiger partial charge in [-0.15, -0.1) is 5.10 Å². The number of carbonyl (C=O) groups is 2. The smallest absolute Gasteiger partial charge is 0.327 e. The van der Waals surface area contributed by atoms with E-state index in [0.717, 1.165) is 5.56 Å². The van der Waals surface area contributed by atoms with Crippen molar-refractivity contribution in [1.82, 2.24) is 15.0 Å². The van der Waals surface area contributed by atoms with Crippen LogP contribution in [0, 0.1) is 0 Å². The van der Waals surface area contributed by atoms with Crippen LogP contribution < -0.4 is 5.32 Å². The number of aromatic nitrogens is 3. The monoisotopic (exact) mass is 322 g/mol. The molecule has 0 unspecified atom stereocenters. The third kappa shape index (κ3) is 4.85. The normalized spacial score (nSPS) is 10.3. The first-order chi connectivity index (χ1) is 10.6. The van der Waals surface area contributed by atoms with E-state index in [1.807, 2.05) is 6.07 Å². The van der Waals surface area contributed by atoms with Crippen molar-refractivity contribution in [3.63, 3.8) is 0 Å². The van der Waals surface area contributed by atoms with Crippen LogP contribution in [0.15, 0.2) is 30.5 Å². The van der Waals surface area contributed by atoms with Crippen LogP contribution in [0.2, 0.25) is 5.02 Å². The zero-order valence-electron chi connectivity index (χ0n) is 12.0. The van der Waals surface area contributed by atoms with Crippen LogP contribution in [0.25, 0.3) is 0 Å². The fourth-order valence-electron chi connectivity index (χ4n) is 1.79. The van der Waals surface area contributed by atoms with Crippen molar-refractivity contribution in [3.05, 3.63) is 41.0 Å². The number of nitrogens with one attached hydrogen (secondary N) is 1. The second-order valence-electron chi connectivity index (χ2n) is 4.46. The predicted molar refractivity (Wildman–Crippen MR) is 80.4 cm³/mol. The Morgan fingerprint density at radius 3 is 2.95 bits per heavy atom. The number of amides is 1. The lowest BCUT2D eigenvalue weighted by Gasteiger charge is -2.02. The third-order valence-electron chi connectivity index (χ3n) is 2.66. The topological polar surface area (TPSA) is 86.1 Å². The number of esters is 1. The number of carbonyl (C=O) groups excluding carboxylic acids is 2. The zero-order chi connectivity index (χ0) is 15.9. The van der Waals surface area contributed by atoms with Gasteiger partial charge >= 0.3 is 5.97 Å². The molecule has 1 aromatic carbocycles. The fraction of sp³-hybridized carbons (Fsp3) is 0.286. The molecule has 0 aliphatic rings. The average molecular weight is 323 g/mol. The standard InChI is InChI=1S/C14H15ClN4O3/c1-2-22-14(21)9-19-8-12(17-18-19)16-13(20)7-10-4-3-5-11(15)6-10/h3-6,8H,2,7,9H2,1H3,(H,16,20). The van der Waals surface area contributed by atoms with E-state index in [4.69, 9.17) is 16.3 Å². The van der Waals surface area contributed by atoms with Gasteiger partial charge in [-0.25, -0.2) is 4.68 Å². The Morgan fingerprint density at radius 1 is 1.41 bits per heavy atom. The summed E-state index contributed by atoms with van der Waals surface area (Å²) in [6, 6.07) is 7.05. The maximum atomic E-state index is 11.9. The summed E-state index contributed by atoms with van der Waals surface area (Å²) in [7, 11) is 0. The molecule has 116 valence electrons. The van der Waals surface area contributed by atoms with E-state index >= 15 is 0 Å². The van der Waals surface area contributed by atoms with E-state index in [1.165, 1.54) is 10.9 Å². The van der Waals surface area contributed by atoms with Crippen LogP contribution >= 0.6 is 11.6 Å². The van der Waals surface area contributed by atoms with Crippen LogP contribution in [0.1, 0.15) is 12.5 Å². The summed E-state index contributed by atoms with van der Waals surface area (Å²) in [4.78, 5) is 23.2. The van der Waals surface area contributed by atoms with Gasteiger partial charge < -0.3 is 10.1 Å². The molecule has 0 bridgehead atoms. The Balaban J connectivity index is 1.89. The first-order valence-corrected chi connectivity index (χ1v) is 7.04. The second kappa shape index (κ2) is 7.56. The van der Waals surface area contributed by atoms with Gasteiger partial charge in [0.1, 0.15) is 6.54 Å². The number of hydrogen-bond acceptors (Lipinski definition) is 5. The molecule has 0 saturated heterocycles. The van der Waals surface area contributed by atoms with Gasteiger partial charge in [0.25, 0.3) is 0 Å². The van der Waals surface area contributed by atoms with Crippen LogP contribution in [-0.2, 0) is 27.3 Å². The van der Waals surface area contributed by atoms with E-state index in [-0.39, 0.29) is 24.7 Å². The lowest BCUT2D eigenvalue weighted by molar-refractivity contribution is -0.144. The fourth-order valence-corrected chi connectivity index (χ4v) is 2.00. The Bertz CT molecular complexity index is 672. The summed E-state index contributed by atoms with van der Waals surface area (Å²) in [6.07, 6.45) is 1.64. The minimum Gasteiger partial charge on any atom is -0.465 e. The van der Waals surface area contributed by atoms with E-state index < -0.39 is 5.97 Å². The van der Waals surface area contributed by atoms with Crippen LogP contribution in [0.3, 0.4) is 0 Å². The highest BCUT2D eigenvalue weighted by atomic mass is 35.5. The van der Waals surface area contributed by atoms with Gasteiger partial charge in [0.2, 0.25) is 5.91 Å². The van der Waals surface area contributed by atoms with Crippen molar-refractivity contribution in [2.45, 2.75) is 19.9 Å². The molecule has 0 aliphatic carbocycles. The van der Waals surface area contributed by atoms with Crippen molar-refractivity contribution in [2.75, 3.05) is 11.9 Å². The van der Waals surface area contributed by atoms with Gasteiger partial charge in [-0.2, -0.15) is 0 Å². The molecule has 0 fully saturated rings. The summed E-state index contributed by atoms with van der Waals surface area (Å²) in [6.45, 7) is 1.97. The molecular weight excluding hydrogens is 308 g/mol. The van der Waals surface area contributed by atoms with Gasteiger partial charge in [0.05, 0.1) is 19.2 Å². The maximum absolute atomic E-state index is 11.9. The summed E-state index contributed by atoms with van der Waals surface area (Å²) >= 11 is 5.86. The first kappa shape index (κ1) is 16.0. The molecule has 0 radical (unpaired) electrons. The summed E-state index contributed by atoms with van der Waals surface area (Å²) in [5.74, 6) is -0.383. The molecule has 7 nitrogen and oxygen atoms in total. The summed E-state index contributed by atoms with van der Waals surface area (Å²) in [5, 5.41) is 10.7. The largest absolute Gasteiger partial charge is 0.465 e. The van der Waals surface area contributed by atoms with Crippen molar-refractivity contribution in [1.29, 1.82) is 0 Å². The number of anilines is 1. The Morgan fingerprint density at radius 2 is 2.23 bits per heavy atom. The minimum absolute atomic E-state index is 0.0506. The number of nitrogens with zero attached hydrogens (tertiary/aromatic N) is 3. The quantitative estimate of drug-likeness (QED) is 0.818. The predicted octanol–water partition coefficient (Wildman–Crippen LogP) is 1.68. The van der Waals surface area contributed by atoms with Gasteiger partial charge in [0, 0.05) is 5.02 Å². The lowest BCUT2D eigenvalue weighted by atomic mass is 10.1. The van der Waals surface area contributed by atoms with E-state index in [1.54, 1.807) is 25.1 Å². The summed E-state index contributed by atoms with van der Waals surface area (Å²) < 4.78 is 6.10. The van der Waals surface area contributed by atoms with E-state index in [2.05, 4.69) is 15.6 Å². The highest BCUT2D eigenvalue weighted by molar-refractivity contribution is 6.30. The summed E-state index contributed by atoms with van der Waals surface area (Å²) in [5.41, 5.74) is 0.795. The van der Waals surface area contributed by atoms with Gasteiger partial charge in [-0.3, -0.25) is 9.59 Å². The molecule has 0 spiro atoms. The van der Waals surface area contributed by atoms with Gasteiger partial charge in [0.15, 0.2) is 5.82 Å². The molecule has 8 heteroatoms. The molecule has 1 N–H and O–H groups in total. The lowest BCUT2D eigenvalue weighted by Crippen LogP contribution is -2.15. The minimum atomic E-state index is -0.413. The number of ether oxygens (including phenoxy) is 1. The third-order valence-corrected chi connectivity index (χ3v) is 2.89. The van der Waals surface area contributed by atoms with Gasteiger partial charge in [-0.1, -0.05) is 28.9 Å². The van der Waals surface area contributed by atoms with Crippen LogP contribution in [0.4, 0.5) is 5.82 Å².